The van der Waals surface area contributed by atoms with Crippen molar-refractivity contribution in [3.8, 4) is 5.75 Å². The molecule has 2 heterocycles. The Hall–Kier alpha value is -1.13. The summed E-state index contributed by atoms with van der Waals surface area (Å²) in [5.41, 5.74) is 0.941. The van der Waals surface area contributed by atoms with Crippen LogP contribution in [-0.2, 0) is 4.74 Å². The lowest BCUT2D eigenvalue weighted by atomic mass is 10.1. The molecule has 17 heavy (non-hydrogen) atoms. The molecule has 1 aliphatic heterocycles. The number of nitrogens with zero attached hydrogens (tertiary/aromatic N) is 1. The van der Waals surface area contributed by atoms with Gasteiger partial charge in [0.05, 0.1) is 12.3 Å². The average Bonchev–Trinajstić information content (AvgIpc) is 2.84. The third-order valence-electron chi connectivity index (χ3n) is 2.95. The minimum absolute atomic E-state index is 0.676. The summed E-state index contributed by atoms with van der Waals surface area (Å²) in [6.07, 6.45) is 2.95. The van der Waals surface area contributed by atoms with E-state index in [2.05, 4.69) is 10.3 Å². The Labute approximate surface area is 102 Å². The Balaban J connectivity index is 1.58. The molecule has 0 bridgehead atoms. The topological polar surface area (TPSA) is 43.4 Å². The number of ether oxygens (including phenoxy) is 2. The third kappa shape index (κ3) is 3.98. The van der Waals surface area contributed by atoms with Crippen molar-refractivity contribution in [2.45, 2.75) is 13.3 Å². The Bertz CT molecular complexity index is 338. The maximum absolute atomic E-state index is 5.65. The summed E-state index contributed by atoms with van der Waals surface area (Å²) in [5, 5.41) is 3.39. The van der Waals surface area contributed by atoms with Crippen LogP contribution in [0.25, 0.3) is 0 Å². The van der Waals surface area contributed by atoms with Crippen LogP contribution in [0.5, 0.6) is 5.75 Å². The molecule has 1 saturated heterocycles. The lowest BCUT2D eigenvalue weighted by molar-refractivity contribution is 0.185. The summed E-state index contributed by atoms with van der Waals surface area (Å²) in [6, 6.07) is 3.85. The second-order valence-electron chi connectivity index (χ2n) is 4.37. The van der Waals surface area contributed by atoms with Crippen molar-refractivity contribution < 1.29 is 9.47 Å². The predicted octanol–water partition coefficient (Wildman–Crippen LogP) is 1.39. The lowest BCUT2D eigenvalue weighted by Gasteiger charge is -2.11. The molecule has 1 fully saturated rings. The maximum Gasteiger partial charge on any atom is 0.140 e. The van der Waals surface area contributed by atoms with Crippen LogP contribution < -0.4 is 10.1 Å². The predicted molar refractivity (Wildman–Crippen MR) is 66.3 cm³/mol. The molecule has 1 N–H and O–H groups in total. The molecule has 0 saturated carbocycles. The molecule has 1 aromatic rings. The summed E-state index contributed by atoms with van der Waals surface area (Å²) in [5.74, 6) is 1.55. The van der Waals surface area contributed by atoms with Gasteiger partial charge in [0, 0.05) is 25.9 Å². The van der Waals surface area contributed by atoms with Crippen molar-refractivity contribution in [2.75, 3.05) is 32.9 Å². The summed E-state index contributed by atoms with van der Waals surface area (Å²) in [4.78, 5) is 4.18. The fraction of sp³-hybridized carbons (Fsp3) is 0.615. The van der Waals surface area contributed by atoms with E-state index in [1.807, 2.05) is 19.1 Å². The van der Waals surface area contributed by atoms with E-state index < -0.39 is 0 Å². The highest BCUT2D eigenvalue weighted by atomic mass is 16.5. The number of aryl methyl sites for hydroxylation is 1. The van der Waals surface area contributed by atoms with Crippen LogP contribution in [-0.4, -0.2) is 37.9 Å². The average molecular weight is 236 g/mol. The highest BCUT2D eigenvalue weighted by molar-refractivity contribution is 5.25. The van der Waals surface area contributed by atoms with Crippen LogP contribution in [0, 0.1) is 12.8 Å². The van der Waals surface area contributed by atoms with Crippen LogP contribution in [0.2, 0.25) is 0 Å². The second kappa shape index (κ2) is 6.57. The molecule has 1 aromatic heterocycles. The number of rotatable bonds is 6. The van der Waals surface area contributed by atoms with E-state index in [9.17, 15) is 0 Å². The number of hydrogen-bond donors (Lipinski definition) is 1. The summed E-state index contributed by atoms with van der Waals surface area (Å²) >= 11 is 0. The molecule has 1 atom stereocenters. The summed E-state index contributed by atoms with van der Waals surface area (Å²) < 4.78 is 11.0. The Kier molecular flexibility index (Phi) is 4.76. The smallest absolute Gasteiger partial charge is 0.140 e. The Morgan fingerprint density at radius 3 is 3.29 bits per heavy atom. The molecular weight excluding hydrogens is 216 g/mol. The molecule has 0 amide bonds. The van der Waals surface area contributed by atoms with Crippen molar-refractivity contribution in [2.24, 2.45) is 5.92 Å². The number of pyridine rings is 1. The molecule has 0 aromatic carbocycles. The monoisotopic (exact) mass is 236 g/mol. The van der Waals surface area contributed by atoms with Crippen molar-refractivity contribution in [1.29, 1.82) is 0 Å². The highest BCUT2D eigenvalue weighted by Gasteiger charge is 2.14. The van der Waals surface area contributed by atoms with Gasteiger partial charge in [-0.3, -0.25) is 4.98 Å². The van der Waals surface area contributed by atoms with Crippen molar-refractivity contribution in [3.05, 3.63) is 24.0 Å². The van der Waals surface area contributed by atoms with Gasteiger partial charge in [-0.05, 0) is 31.4 Å². The van der Waals surface area contributed by atoms with E-state index in [0.717, 1.165) is 37.7 Å². The third-order valence-corrected chi connectivity index (χ3v) is 2.95. The quantitative estimate of drug-likeness (QED) is 0.758. The van der Waals surface area contributed by atoms with Gasteiger partial charge in [0.25, 0.3) is 0 Å². The van der Waals surface area contributed by atoms with Crippen molar-refractivity contribution in [3.63, 3.8) is 0 Å². The summed E-state index contributed by atoms with van der Waals surface area (Å²) in [7, 11) is 0. The number of aromatic nitrogens is 1. The SMILES string of the molecule is Cc1ncccc1OCCNCC1CCOC1. The van der Waals surface area contributed by atoms with Crippen LogP contribution in [0.1, 0.15) is 12.1 Å². The molecule has 4 nitrogen and oxygen atoms in total. The van der Waals surface area contributed by atoms with Crippen molar-refractivity contribution in [1.82, 2.24) is 10.3 Å². The van der Waals surface area contributed by atoms with Crippen LogP contribution in [0.3, 0.4) is 0 Å². The van der Waals surface area contributed by atoms with Gasteiger partial charge < -0.3 is 14.8 Å². The minimum Gasteiger partial charge on any atom is -0.490 e. The summed E-state index contributed by atoms with van der Waals surface area (Å²) in [6.45, 7) is 6.34. The molecule has 0 radical (unpaired) electrons. The zero-order chi connectivity index (χ0) is 11.9. The normalized spacial score (nSPS) is 19.5. The van der Waals surface area contributed by atoms with Gasteiger partial charge in [-0.2, -0.15) is 0 Å². The van der Waals surface area contributed by atoms with Gasteiger partial charge >= 0.3 is 0 Å². The zero-order valence-electron chi connectivity index (χ0n) is 10.3. The van der Waals surface area contributed by atoms with E-state index >= 15 is 0 Å². The standard InChI is InChI=1S/C13H20N2O2/c1-11-13(3-2-5-15-11)17-8-6-14-9-12-4-7-16-10-12/h2-3,5,12,14H,4,6-10H2,1H3. The largest absolute Gasteiger partial charge is 0.490 e. The van der Waals surface area contributed by atoms with E-state index in [1.165, 1.54) is 6.42 Å². The van der Waals surface area contributed by atoms with E-state index in [0.29, 0.717) is 12.5 Å². The molecule has 1 unspecified atom stereocenters. The first-order valence-corrected chi connectivity index (χ1v) is 6.19. The van der Waals surface area contributed by atoms with Crippen LogP contribution in [0.15, 0.2) is 18.3 Å². The van der Waals surface area contributed by atoms with Crippen molar-refractivity contribution >= 4 is 0 Å². The molecule has 94 valence electrons. The van der Waals surface area contributed by atoms with Gasteiger partial charge in [-0.1, -0.05) is 0 Å². The Morgan fingerprint density at radius 1 is 1.59 bits per heavy atom. The molecule has 4 heteroatoms. The van der Waals surface area contributed by atoms with Crippen LogP contribution >= 0.6 is 0 Å². The minimum atomic E-state index is 0.676. The van der Waals surface area contributed by atoms with Crippen LogP contribution in [0.4, 0.5) is 0 Å². The molecule has 0 aliphatic carbocycles. The maximum atomic E-state index is 5.65. The molecule has 1 aliphatic rings. The lowest BCUT2D eigenvalue weighted by Crippen LogP contribution is -2.27. The van der Waals surface area contributed by atoms with E-state index in [4.69, 9.17) is 9.47 Å². The van der Waals surface area contributed by atoms with Gasteiger partial charge in [0.15, 0.2) is 0 Å². The van der Waals surface area contributed by atoms with Gasteiger partial charge in [0.2, 0.25) is 0 Å². The second-order valence-corrected chi connectivity index (χ2v) is 4.37. The first kappa shape index (κ1) is 12.3. The highest BCUT2D eigenvalue weighted by Crippen LogP contribution is 2.13. The van der Waals surface area contributed by atoms with Gasteiger partial charge in [-0.25, -0.2) is 0 Å². The van der Waals surface area contributed by atoms with Gasteiger partial charge in [0.1, 0.15) is 12.4 Å². The fourth-order valence-corrected chi connectivity index (χ4v) is 1.91. The zero-order valence-corrected chi connectivity index (χ0v) is 10.3. The van der Waals surface area contributed by atoms with E-state index in [1.54, 1.807) is 6.20 Å². The fourth-order valence-electron chi connectivity index (χ4n) is 1.91. The first-order chi connectivity index (χ1) is 8.36. The first-order valence-electron chi connectivity index (χ1n) is 6.19. The Morgan fingerprint density at radius 2 is 2.53 bits per heavy atom. The number of nitrogens with one attached hydrogen (secondary N) is 1. The molecule has 2 rings (SSSR count). The van der Waals surface area contributed by atoms with E-state index in [-0.39, 0.29) is 0 Å². The molecule has 0 spiro atoms. The molecular formula is C13H20N2O2. The van der Waals surface area contributed by atoms with Gasteiger partial charge in [-0.15, -0.1) is 0 Å². The number of hydrogen-bond acceptors (Lipinski definition) is 4.